The molecular weight excluding hydrogens is 278 g/mol. The van der Waals surface area contributed by atoms with Crippen molar-refractivity contribution in [2.45, 2.75) is 45.8 Å². The Morgan fingerprint density at radius 3 is 2.00 bits per heavy atom. The molecule has 1 aromatic rings. The van der Waals surface area contributed by atoms with Crippen molar-refractivity contribution in [2.24, 2.45) is 0 Å². The standard InChI is InChI=1S/C15H20ClNO3/c1-14(2,3)20-13(19)17-15(4,5)12(18)10-6-8-11(16)9-7-10/h6-9H,1-5H3,(H,17,19). The fraction of sp³-hybridized carbons (Fsp3) is 0.467. The number of ketones is 1. The highest BCUT2D eigenvalue weighted by Crippen LogP contribution is 2.17. The van der Waals surface area contributed by atoms with Crippen LogP contribution in [0.2, 0.25) is 5.02 Å². The van der Waals surface area contributed by atoms with E-state index < -0.39 is 17.2 Å². The number of alkyl carbamates (subject to hydrolysis) is 1. The van der Waals surface area contributed by atoms with Crippen molar-refractivity contribution < 1.29 is 14.3 Å². The number of hydrogen-bond acceptors (Lipinski definition) is 3. The molecule has 5 heteroatoms. The van der Waals surface area contributed by atoms with E-state index in [4.69, 9.17) is 16.3 Å². The minimum atomic E-state index is -1.06. The van der Waals surface area contributed by atoms with E-state index in [-0.39, 0.29) is 5.78 Å². The number of Topliss-reactive ketones (excluding diaryl/α,β-unsaturated/α-hetero) is 1. The van der Waals surface area contributed by atoms with Gasteiger partial charge < -0.3 is 10.1 Å². The number of nitrogens with one attached hydrogen (secondary N) is 1. The number of carbonyl (C=O) groups excluding carboxylic acids is 2. The quantitative estimate of drug-likeness (QED) is 0.863. The molecule has 1 aromatic carbocycles. The van der Waals surface area contributed by atoms with Crippen LogP contribution in [0.25, 0.3) is 0 Å². The number of benzene rings is 1. The van der Waals surface area contributed by atoms with Crippen LogP contribution in [-0.4, -0.2) is 23.0 Å². The predicted molar refractivity (Wildman–Crippen MR) is 79.2 cm³/mol. The third-order valence-corrected chi connectivity index (χ3v) is 2.74. The zero-order valence-electron chi connectivity index (χ0n) is 12.4. The second-order valence-electron chi connectivity index (χ2n) is 6.09. The summed E-state index contributed by atoms with van der Waals surface area (Å²) in [4.78, 5) is 24.1. The van der Waals surface area contributed by atoms with Crippen molar-refractivity contribution in [3.63, 3.8) is 0 Å². The molecule has 1 N–H and O–H groups in total. The summed E-state index contributed by atoms with van der Waals surface area (Å²) in [5.41, 5.74) is -1.19. The molecule has 0 aliphatic heterocycles. The van der Waals surface area contributed by atoms with Crippen molar-refractivity contribution in [3.8, 4) is 0 Å². The maximum Gasteiger partial charge on any atom is 0.408 e. The van der Waals surface area contributed by atoms with Gasteiger partial charge in [0, 0.05) is 10.6 Å². The first-order valence-electron chi connectivity index (χ1n) is 6.33. The third kappa shape index (κ3) is 4.85. The summed E-state index contributed by atoms with van der Waals surface area (Å²) in [6.07, 6.45) is -0.621. The smallest absolute Gasteiger partial charge is 0.408 e. The van der Waals surface area contributed by atoms with E-state index >= 15 is 0 Å². The Hall–Kier alpha value is -1.55. The zero-order chi connectivity index (χ0) is 15.6. The number of hydrogen-bond donors (Lipinski definition) is 1. The maximum atomic E-state index is 12.4. The van der Waals surface area contributed by atoms with Crippen molar-refractivity contribution in [1.82, 2.24) is 5.32 Å². The molecule has 0 heterocycles. The molecule has 0 aliphatic carbocycles. The van der Waals surface area contributed by atoms with Gasteiger partial charge in [0.05, 0.1) is 0 Å². The van der Waals surface area contributed by atoms with Gasteiger partial charge in [-0.3, -0.25) is 4.79 Å². The van der Waals surface area contributed by atoms with Gasteiger partial charge in [-0.25, -0.2) is 4.79 Å². The number of ether oxygens (including phenoxy) is 1. The fourth-order valence-electron chi connectivity index (χ4n) is 1.58. The van der Waals surface area contributed by atoms with Gasteiger partial charge in [-0.15, -0.1) is 0 Å². The molecule has 20 heavy (non-hydrogen) atoms. The Labute approximate surface area is 124 Å². The van der Waals surface area contributed by atoms with E-state index in [2.05, 4.69) is 5.32 Å². The highest BCUT2D eigenvalue weighted by atomic mass is 35.5. The number of halogens is 1. The molecule has 1 amide bonds. The van der Waals surface area contributed by atoms with Gasteiger partial charge in [0.15, 0.2) is 5.78 Å². The van der Waals surface area contributed by atoms with E-state index in [9.17, 15) is 9.59 Å². The largest absolute Gasteiger partial charge is 0.444 e. The zero-order valence-corrected chi connectivity index (χ0v) is 13.2. The Bertz CT molecular complexity index is 501. The summed E-state index contributed by atoms with van der Waals surface area (Å²) < 4.78 is 5.16. The summed E-state index contributed by atoms with van der Waals surface area (Å²) >= 11 is 5.79. The predicted octanol–water partition coefficient (Wildman–Crippen LogP) is 3.83. The first kappa shape index (κ1) is 16.5. The van der Waals surface area contributed by atoms with Crippen LogP contribution in [0.4, 0.5) is 4.79 Å². The Morgan fingerprint density at radius 2 is 1.55 bits per heavy atom. The highest BCUT2D eigenvalue weighted by molar-refractivity contribution is 6.30. The third-order valence-electron chi connectivity index (χ3n) is 2.49. The van der Waals surface area contributed by atoms with Crippen LogP contribution in [0, 0.1) is 0 Å². The lowest BCUT2D eigenvalue weighted by atomic mass is 9.93. The van der Waals surface area contributed by atoms with Gasteiger partial charge in [0.2, 0.25) is 0 Å². The normalized spacial score (nSPS) is 11.9. The van der Waals surface area contributed by atoms with Gasteiger partial charge >= 0.3 is 6.09 Å². The van der Waals surface area contributed by atoms with Crippen LogP contribution in [0.15, 0.2) is 24.3 Å². The fourth-order valence-corrected chi connectivity index (χ4v) is 1.70. The average molecular weight is 298 g/mol. The molecule has 0 fully saturated rings. The van der Waals surface area contributed by atoms with Gasteiger partial charge in [0.1, 0.15) is 11.1 Å². The SMILES string of the molecule is CC(C)(C)OC(=O)NC(C)(C)C(=O)c1ccc(Cl)cc1. The molecule has 0 radical (unpaired) electrons. The second kappa shape index (κ2) is 5.83. The summed E-state index contributed by atoms with van der Waals surface area (Å²) in [6, 6.07) is 6.53. The highest BCUT2D eigenvalue weighted by Gasteiger charge is 2.32. The number of amides is 1. The van der Waals surface area contributed by atoms with Crippen LogP contribution in [-0.2, 0) is 4.74 Å². The van der Waals surface area contributed by atoms with Gasteiger partial charge in [-0.1, -0.05) is 11.6 Å². The molecule has 0 unspecified atom stereocenters. The van der Waals surface area contributed by atoms with E-state index in [1.165, 1.54) is 0 Å². The van der Waals surface area contributed by atoms with Crippen molar-refractivity contribution in [2.75, 3.05) is 0 Å². The van der Waals surface area contributed by atoms with E-state index in [0.717, 1.165) is 0 Å². The summed E-state index contributed by atoms with van der Waals surface area (Å²) in [6.45, 7) is 8.56. The second-order valence-corrected chi connectivity index (χ2v) is 6.52. The van der Waals surface area contributed by atoms with Gasteiger partial charge in [0.25, 0.3) is 0 Å². The van der Waals surface area contributed by atoms with Crippen molar-refractivity contribution in [3.05, 3.63) is 34.9 Å². The molecule has 0 spiro atoms. The molecule has 4 nitrogen and oxygen atoms in total. The Morgan fingerprint density at radius 1 is 1.05 bits per heavy atom. The molecule has 0 atom stereocenters. The topological polar surface area (TPSA) is 55.4 Å². The Kier molecular flexibility index (Phi) is 4.81. The van der Waals surface area contributed by atoms with E-state index in [1.54, 1.807) is 58.9 Å². The first-order chi connectivity index (χ1) is 9.01. The van der Waals surface area contributed by atoms with Crippen LogP contribution < -0.4 is 5.32 Å². The molecule has 1 rings (SSSR count). The lowest BCUT2D eigenvalue weighted by Crippen LogP contribution is -2.51. The lowest BCUT2D eigenvalue weighted by Gasteiger charge is -2.27. The average Bonchev–Trinajstić information content (AvgIpc) is 2.25. The first-order valence-corrected chi connectivity index (χ1v) is 6.70. The Balaban J connectivity index is 2.80. The van der Waals surface area contributed by atoms with Crippen molar-refractivity contribution in [1.29, 1.82) is 0 Å². The van der Waals surface area contributed by atoms with E-state index in [1.807, 2.05) is 0 Å². The molecule has 0 saturated carbocycles. The van der Waals surface area contributed by atoms with Crippen LogP contribution in [0.3, 0.4) is 0 Å². The van der Waals surface area contributed by atoms with Crippen molar-refractivity contribution >= 4 is 23.5 Å². The van der Waals surface area contributed by atoms with Crippen LogP contribution >= 0.6 is 11.6 Å². The van der Waals surface area contributed by atoms with Crippen LogP contribution in [0.1, 0.15) is 45.0 Å². The van der Waals surface area contributed by atoms with Gasteiger partial charge in [-0.2, -0.15) is 0 Å². The monoisotopic (exact) mass is 297 g/mol. The summed E-state index contributed by atoms with van der Waals surface area (Å²) in [7, 11) is 0. The maximum absolute atomic E-state index is 12.4. The van der Waals surface area contributed by atoms with Crippen LogP contribution in [0.5, 0.6) is 0 Å². The minimum absolute atomic E-state index is 0.208. The molecule has 0 aromatic heterocycles. The molecule has 110 valence electrons. The summed E-state index contributed by atoms with van der Waals surface area (Å²) in [5.74, 6) is -0.208. The molecular formula is C15H20ClNO3. The van der Waals surface area contributed by atoms with Gasteiger partial charge in [-0.05, 0) is 58.9 Å². The molecule has 0 bridgehead atoms. The number of rotatable bonds is 3. The minimum Gasteiger partial charge on any atom is -0.444 e. The van der Waals surface area contributed by atoms with E-state index in [0.29, 0.717) is 10.6 Å². The summed E-state index contributed by atoms with van der Waals surface area (Å²) in [5, 5.41) is 3.14. The molecule has 0 aliphatic rings. The number of carbonyl (C=O) groups is 2. The molecule has 0 saturated heterocycles. The lowest BCUT2D eigenvalue weighted by molar-refractivity contribution is 0.0454.